The molecule has 2 amide bonds. The molecule has 0 radical (unpaired) electrons. The van der Waals surface area contributed by atoms with Crippen LogP contribution in [0.25, 0.3) is 11.0 Å². The SMILES string of the molecule is CNC(=O)c1c(NC(=O)c2coc3ccccc3c2=O)sc2c1CC[C@H](C)C2. The van der Waals surface area contributed by atoms with Crippen molar-refractivity contribution in [1.82, 2.24) is 5.32 Å². The molecule has 0 unspecified atom stereocenters. The van der Waals surface area contributed by atoms with Crippen LogP contribution < -0.4 is 16.1 Å². The third-order valence-electron chi connectivity index (χ3n) is 5.12. The van der Waals surface area contributed by atoms with E-state index >= 15 is 0 Å². The van der Waals surface area contributed by atoms with E-state index in [-0.39, 0.29) is 11.5 Å². The zero-order chi connectivity index (χ0) is 19.8. The minimum atomic E-state index is -0.573. The Hall–Kier alpha value is -2.93. The van der Waals surface area contributed by atoms with Gasteiger partial charge in [-0.1, -0.05) is 19.1 Å². The third-order valence-corrected chi connectivity index (χ3v) is 6.29. The molecule has 0 fully saturated rings. The summed E-state index contributed by atoms with van der Waals surface area (Å²) >= 11 is 1.42. The molecule has 6 nitrogen and oxygen atoms in total. The highest BCUT2D eigenvalue weighted by molar-refractivity contribution is 7.17. The monoisotopic (exact) mass is 396 g/mol. The first-order valence-corrected chi connectivity index (χ1v) is 9.99. The first kappa shape index (κ1) is 18.4. The maximum atomic E-state index is 12.8. The lowest BCUT2D eigenvalue weighted by Crippen LogP contribution is -2.24. The highest BCUT2D eigenvalue weighted by atomic mass is 32.1. The standard InChI is InChI=1S/C21H20N2O4S/c1-11-7-8-13-16(9-11)28-21(17(13)20(26)22-2)23-19(25)14-10-27-15-6-4-3-5-12(15)18(14)24/h3-6,10-11H,7-9H2,1-2H3,(H,22,26)(H,23,25)/t11-/m0/s1. The van der Waals surface area contributed by atoms with E-state index in [1.165, 1.54) is 17.6 Å². The van der Waals surface area contributed by atoms with Gasteiger partial charge in [0.2, 0.25) is 5.43 Å². The number of nitrogens with one attached hydrogen (secondary N) is 2. The Morgan fingerprint density at radius 1 is 1.21 bits per heavy atom. The second-order valence-corrected chi connectivity index (χ2v) is 8.17. The summed E-state index contributed by atoms with van der Waals surface area (Å²) in [7, 11) is 1.57. The van der Waals surface area contributed by atoms with Crippen molar-refractivity contribution in [3.05, 3.63) is 62.3 Å². The molecule has 7 heteroatoms. The minimum absolute atomic E-state index is 0.0821. The molecule has 0 saturated carbocycles. The van der Waals surface area contributed by atoms with E-state index in [0.717, 1.165) is 29.7 Å². The van der Waals surface area contributed by atoms with Crippen LogP contribution >= 0.6 is 11.3 Å². The van der Waals surface area contributed by atoms with E-state index < -0.39 is 11.3 Å². The Bertz CT molecular complexity index is 1150. The molecule has 0 spiro atoms. The summed E-state index contributed by atoms with van der Waals surface area (Å²) in [5.74, 6) is -0.260. The summed E-state index contributed by atoms with van der Waals surface area (Å²) in [6.07, 6.45) is 3.88. The second kappa shape index (κ2) is 7.24. The highest BCUT2D eigenvalue weighted by Crippen LogP contribution is 2.39. The lowest BCUT2D eigenvalue weighted by atomic mass is 9.88. The summed E-state index contributed by atoms with van der Waals surface area (Å²) in [4.78, 5) is 39.1. The number of para-hydroxylation sites is 1. The van der Waals surface area contributed by atoms with Gasteiger partial charge in [-0.15, -0.1) is 11.3 Å². The van der Waals surface area contributed by atoms with Gasteiger partial charge in [0.05, 0.1) is 10.9 Å². The minimum Gasteiger partial charge on any atom is -0.463 e. The van der Waals surface area contributed by atoms with E-state index in [9.17, 15) is 14.4 Å². The van der Waals surface area contributed by atoms with Crippen molar-refractivity contribution in [3.63, 3.8) is 0 Å². The fourth-order valence-corrected chi connectivity index (χ4v) is 5.01. The van der Waals surface area contributed by atoms with Gasteiger partial charge in [0.15, 0.2) is 0 Å². The van der Waals surface area contributed by atoms with E-state index in [4.69, 9.17) is 4.42 Å². The van der Waals surface area contributed by atoms with E-state index in [1.807, 2.05) is 0 Å². The molecule has 1 aliphatic rings. The fraction of sp³-hybridized carbons (Fsp3) is 0.286. The van der Waals surface area contributed by atoms with Crippen LogP contribution in [0.3, 0.4) is 0 Å². The van der Waals surface area contributed by atoms with E-state index in [1.54, 1.807) is 31.3 Å². The predicted octanol–water partition coefficient (Wildman–Crippen LogP) is 3.59. The number of rotatable bonds is 3. The van der Waals surface area contributed by atoms with Crippen LogP contribution in [0.1, 0.15) is 44.5 Å². The normalized spacial score (nSPS) is 15.9. The molecule has 2 aromatic heterocycles. The number of hydrogen-bond acceptors (Lipinski definition) is 5. The fourth-order valence-electron chi connectivity index (χ4n) is 3.61. The highest BCUT2D eigenvalue weighted by Gasteiger charge is 2.28. The van der Waals surface area contributed by atoms with Crippen LogP contribution in [0, 0.1) is 5.92 Å². The summed E-state index contributed by atoms with van der Waals surface area (Å²) in [6.45, 7) is 2.18. The number of amides is 2. The number of fused-ring (bicyclic) bond motifs is 2. The molecule has 1 aliphatic carbocycles. The molecule has 0 aliphatic heterocycles. The zero-order valence-electron chi connectivity index (χ0n) is 15.6. The van der Waals surface area contributed by atoms with Crippen LogP contribution in [0.15, 0.2) is 39.7 Å². The van der Waals surface area contributed by atoms with E-state index in [0.29, 0.717) is 27.5 Å². The Kier molecular flexibility index (Phi) is 4.77. The molecule has 2 N–H and O–H groups in total. The van der Waals surface area contributed by atoms with Gasteiger partial charge >= 0.3 is 0 Å². The Labute approximate surface area is 165 Å². The van der Waals surface area contributed by atoms with Crippen molar-refractivity contribution in [2.45, 2.75) is 26.2 Å². The van der Waals surface area contributed by atoms with Crippen molar-refractivity contribution in [1.29, 1.82) is 0 Å². The lowest BCUT2D eigenvalue weighted by molar-refractivity contribution is 0.0963. The zero-order valence-corrected chi connectivity index (χ0v) is 16.4. The van der Waals surface area contributed by atoms with Crippen molar-refractivity contribution in [2.75, 3.05) is 12.4 Å². The van der Waals surface area contributed by atoms with Crippen molar-refractivity contribution < 1.29 is 14.0 Å². The molecule has 0 saturated heterocycles. The van der Waals surface area contributed by atoms with Gasteiger partial charge in [-0.05, 0) is 42.9 Å². The lowest BCUT2D eigenvalue weighted by Gasteiger charge is -2.18. The summed E-state index contributed by atoms with van der Waals surface area (Å²) in [6, 6.07) is 6.78. The Balaban J connectivity index is 1.73. The average molecular weight is 396 g/mol. The van der Waals surface area contributed by atoms with Gasteiger partial charge in [0, 0.05) is 11.9 Å². The first-order valence-electron chi connectivity index (χ1n) is 9.18. The largest absolute Gasteiger partial charge is 0.463 e. The molecule has 1 aromatic carbocycles. The summed E-state index contributed by atoms with van der Waals surface area (Å²) < 4.78 is 5.44. The average Bonchev–Trinajstić information content (AvgIpc) is 3.04. The quantitative estimate of drug-likeness (QED) is 0.708. The van der Waals surface area contributed by atoms with Crippen LogP contribution in [-0.2, 0) is 12.8 Å². The topological polar surface area (TPSA) is 88.4 Å². The third kappa shape index (κ3) is 3.11. The van der Waals surface area contributed by atoms with Gasteiger partial charge in [0.25, 0.3) is 11.8 Å². The molecule has 0 bridgehead atoms. The van der Waals surface area contributed by atoms with Crippen molar-refractivity contribution >= 4 is 39.1 Å². The second-order valence-electron chi connectivity index (χ2n) is 7.06. The van der Waals surface area contributed by atoms with Crippen LogP contribution in [-0.4, -0.2) is 18.9 Å². The van der Waals surface area contributed by atoms with Crippen molar-refractivity contribution in [2.24, 2.45) is 5.92 Å². The predicted molar refractivity (Wildman–Crippen MR) is 109 cm³/mol. The summed E-state index contributed by atoms with van der Waals surface area (Å²) in [5, 5.41) is 6.26. The Morgan fingerprint density at radius 2 is 2.00 bits per heavy atom. The molecular weight excluding hydrogens is 376 g/mol. The summed E-state index contributed by atoms with van der Waals surface area (Å²) in [5.41, 5.74) is 1.46. The van der Waals surface area contributed by atoms with Crippen LogP contribution in [0.4, 0.5) is 5.00 Å². The number of anilines is 1. The van der Waals surface area contributed by atoms with Gasteiger partial charge in [-0.3, -0.25) is 14.4 Å². The molecular formula is C21H20N2O4S. The maximum absolute atomic E-state index is 12.8. The number of benzene rings is 1. The number of carbonyl (C=O) groups is 2. The molecule has 3 aromatic rings. The van der Waals surface area contributed by atoms with Crippen LogP contribution in [0.5, 0.6) is 0 Å². The molecule has 4 rings (SSSR count). The van der Waals surface area contributed by atoms with Gasteiger partial charge in [-0.25, -0.2) is 0 Å². The molecule has 2 heterocycles. The van der Waals surface area contributed by atoms with Gasteiger partial charge in [-0.2, -0.15) is 0 Å². The van der Waals surface area contributed by atoms with Crippen LogP contribution in [0.2, 0.25) is 0 Å². The number of hydrogen-bond donors (Lipinski definition) is 2. The number of carbonyl (C=O) groups excluding carboxylic acids is 2. The maximum Gasteiger partial charge on any atom is 0.263 e. The molecule has 28 heavy (non-hydrogen) atoms. The molecule has 144 valence electrons. The Morgan fingerprint density at radius 3 is 2.79 bits per heavy atom. The van der Waals surface area contributed by atoms with Crippen molar-refractivity contribution in [3.8, 4) is 0 Å². The number of thiophene rings is 1. The van der Waals surface area contributed by atoms with Gasteiger partial charge in [0.1, 0.15) is 22.4 Å². The molecule has 1 atom stereocenters. The smallest absolute Gasteiger partial charge is 0.263 e. The van der Waals surface area contributed by atoms with Gasteiger partial charge < -0.3 is 15.1 Å². The first-order chi connectivity index (χ1) is 13.5. The van der Waals surface area contributed by atoms with E-state index in [2.05, 4.69) is 17.6 Å².